The molecule has 2 unspecified atom stereocenters. The van der Waals surface area contributed by atoms with Gasteiger partial charge in [0.15, 0.2) is 18.7 Å². The zero-order valence-corrected chi connectivity index (χ0v) is 17.0. The molecule has 3 heterocycles. The molecule has 3 rings (SSSR count). The molecular formula is C17H27NO15. The lowest BCUT2D eigenvalue weighted by Crippen LogP contribution is -2.77. The number of carbonyl (C=O) groups excluding carboxylic acids is 2. The first kappa shape index (κ1) is 26.1. The SMILES string of the molecule is N[C@@H]1CCC(=O)O[C@]2(O)[C@H](O)[C@@H](O)[C@H](O[C@H]3[C@H](O)C(O)C(O)O[C@@H]3CO)O[C@@]2(CO)OC1=O. The lowest BCUT2D eigenvalue weighted by atomic mass is 9.91. The smallest absolute Gasteiger partial charge is 0.325 e. The summed E-state index contributed by atoms with van der Waals surface area (Å²) >= 11 is 0. The van der Waals surface area contributed by atoms with Crippen LogP contribution < -0.4 is 5.73 Å². The number of rotatable bonds is 4. The predicted molar refractivity (Wildman–Crippen MR) is 95.9 cm³/mol. The van der Waals surface area contributed by atoms with Gasteiger partial charge in [0.1, 0.15) is 43.2 Å². The van der Waals surface area contributed by atoms with Crippen molar-refractivity contribution < 1.29 is 74.1 Å². The summed E-state index contributed by atoms with van der Waals surface area (Å²) in [6.45, 7) is -2.29. The molecule has 0 aliphatic carbocycles. The molecule has 0 amide bonds. The molecule has 10 N–H and O–H groups in total. The first-order valence-electron chi connectivity index (χ1n) is 9.94. The van der Waals surface area contributed by atoms with Crippen molar-refractivity contribution in [3.63, 3.8) is 0 Å². The van der Waals surface area contributed by atoms with Gasteiger partial charge in [0.05, 0.1) is 6.61 Å². The summed E-state index contributed by atoms with van der Waals surface area (Å²) in [7, 11) is 0. The fourth-order valence-corrected chi connectivity index (χ4v) is 3.72. The maximum Gasteiger partial charge on any atom is 0.325 e. The molecule has 0 aromatic carbocycles. The highest BCUT2D eigenvalue weighted by atomic mass is 16.8. The topological polar surface area (TPSA) is 268 Å². The lowest BCUT2D eigenvalue weighted by Gasteiger charge is -2.52. The Balaban J connectivity index is 1.97. The molecular weight excluding hydrogens is 458 g/mol. The van der Waals surface area contributed by atoms with E-state index >= 15 is 0 Å². The predicted octanol–water partition coefficient (Wildman–Crippen LogP) is -6.53. The number of hydrogen-bond acceptors (Lipinski definition) is 16. The van der Waals surface area contributed by atoms with Gasteiger partial charge >= 0.3 is 23.5 Å². The van der Waals surface area contributed by atoms with Crippen molar-refractivity contribution in [1.29, 1.82) is 0 Å². The average Bonchev–Trinajstić information content (AvgIpc) is 2.81. The molecule has 0 bridgehead atoms. The van der Waals surface area contributed by atoms with Gasteiger partial charge in [-0.1, -0.05) is 0 Å². The van der Waals surface area contributed by atoms with Crippen LogP contribution in [0.15, 0.2) is 0 Å². The van der Waals surface area contributed by atoms with E-state index in [4.69, 9.17) is 29.4 Å². The summed E-state index contributed by atoms with van der Waals surface area (Å²) in [6.07, 6.45) is -16.6. The Morgan fingerprint density at radius 1 is 1.03 bits per heavy atom. The molecule has 33 heavy (non-hydrogen) atoms. The fraction of sp³-hybridized carbons (Fsp3) is 0.882. The third-order valence-electron chi connectivity index (χ3n) is 5.69. The first-order chi connectivity index (χ1) is 15.4. The minimum absolute atomic E-state index is 0.280. The summed E-state index contributed by atoms with van der Waals surface area (Å²) in [6, 6.07) is -1.42. The minimum atomic E-state index is -3.33. The quantitative estimate of drug-likeness (QED) is 0.167. The van der Waals surface area contributed by atoms with E-state index in [0.717, 1.165) is 0 Å². The van der Waals surface area contributed by atoms with Crippen molar-refractivity contribution in [2.75, 3.05) is 13.2 Å². The zero-order chi connectivity index (χ0) is 24.7. The van der Waals surface area contributed by atoms with Gasteiger partial charge in [-0.3, -0.25) is 9.59 Å². The molecule has 0 saturated carbocycles. The van der Waals surface area contributed by atoms with Crippen LogP contribution in [-0.4, -0.2) is 133 Å². The maximum absolute atomic E-state index is 12.3. The van der Waals surface area contributed by atoms with Gasteiger partial charge < -0.3 is 70.3 Å². The Kier molecular flexibility index (Phi) is 7.59. The maximum atomic E-state index is 12.3. The Morgan fingerprint density at radius 2 is 1.70 bits per heavy atom. The summed E-state index contributed by atoms with van der Waals surface area (Å²) < 4.78 is 25.3. The normalized spacial score (nSPS) is 49.2. The van der Waals surface area contributed by atoms with E-state index < -0.39 is 98.4 Å². The molecule has 3 fully saturated rings. The number of ether oxygens (including phenoxy) is 5. The van der Waals surface area contributed by atoms with Crippen LogP contribution in [0.3, 0.4) is 0 Å². The van der Waals surface area contributed by atoms with Gasteiger partial charge in [-0.05, 0) is 6.42 Å². The van der Waals surface area contributed by atoms with Crippen LogP contribution in [0.25, 0.3) is 0 Å². The monoisotopic (exact) mass is 485 g/mol. The molecule has 3 saturated heterocycles. The van der Waals surface area contributed by atoms with Crippen molar-refractivity contribution >= 4 is 11.9 Å². The summed E-state index contributed by atoms with van der Waals surface area (Å²) in [5.41, 5.74) is 5.61. The summed E-state index contributed by atoms with van der Waals surface area (Å²) in [4.78, 5) is 24.5. The Morgan fingerprint density at radius 3 is 2.30 bits per heavy atom. The van der Waals surface area contributed by atoms with Crippen molar-refractivity contribution in [3.05, 3.63) is 0 Å². The Hall–Kier alpha value is -1.54. The van der Waals surface area contributed by atoms with Crippen molar-refractivity contribution in [1.82, 2.24) is 0 Å². The highest BCUT2D eigenvalue weighted by Gasteiger charge is 2.71. The molecule has 0 spiro atoms. The highest BCUT2D eigenvalue weighted by molar-refractivity contribution is 5.78. The fourth-order valence-electron chi connectivity index (χ4n) is 3.72. The molecule has 0 radical (unpaired) electrons. The van der Waals surface area contributed by atoms with Crippen molar-refractivity contribution in [3.8, 4) is 0 Å². The lowest BCUT2D eigenvalue weighted by molar-refractivity contribution is -0.480. The van der Waals surface area contributed by atoms with E-state index in [-0.39, 0.29) is 6.42 Å². The standard InChI is InChI=1S/C17H27NO15/c18-5-1-2-7(21)31-17(28)12(25)10(24)15(33-16(17,4-20)32-13(5)26)30-11-6(3-19)29-14(27)9(23)8(11)22/h5-6,8-12,14-15,19-20,22-25,27-28H,1-4,18H2/t5-,6-,8-,9?,10-,11-,12-,14?,15-,16-,17-/m1/s1. The zero-order valence-electron chi connectivity index (χ0n) is 17.0. The van der Waals surface area contributed by atoms with Crippen LogP contribution in [0.2, 0.25) is 0 Å². The number of nitrogens with two attached hydrogens (primary N) is 1. The number of aliphatic hydroxyl groups is 8. The van der Waals surface area contributed by atoms with Gasteiger partial charge in [0.25, 0.3) is 0 Å². The van der Waals surface area contributed by atoms with E-state index in [1.165, 1.54) is 0 Å². The van der Waals surface area contributed by atoms with E-state index in [2.05, 4.69) is 0 Å². The molecule has 11 atom stereocenters. The van der Waals surface area contributed by atoms with Gasteiger partial charge in [-0.25, -0.2) is 0 Å². The van der Waals surface area contributed by atoms with Gasteiger partial charge in [-0.2, -0.15) is 0 Å². The third-order valence-corrected chi connectivity index (χ3v) is 5.69. The molecule has 16 heteroatoms. The molecule has 3 aliphatic rings. The molecule has 0 aromatic heterocycles. The molecule has 0 aromatic rings. The van der Waals surface area contributed by atoms with Crippen LogP contribution in [0.1, 0.15) is 12.8 Å². The highest BCUT2D eigenvalue weighted by Crippen LogP contribution is 2.42. The molecule has 16 nitrogen and oxygen atoms in total. The van der Waals surface area contributed by atoms with Crippen molar-refractivity contribution in [2.45, 2.75) is 79.7 Å². The summed E-state index contributed by atoms with van der Waals surface area (Å²) in [5, 5.41) is 81.1. The number of aliphatic hydroxyl groups excluding tert-OH is 7. The van der Waals surface area contributed by atoms with Gasteiger partial charge in [0, 0.05) is 6.42 Å². The second-order valence-electron chi connectivity index (χ2n) is 7.90. The van der Waals surface area contributed by atoms with Gasteiger partial charge in [0.2, 0.25) is 0 Å². The van der Waals surface area contributed by atoms with E-state index in [1.807, 2.05) is 0 Å². The van der Waals surface area contributed by atoms with Crippen LogP contribution in [0.4, 0.5) is 0 Å². The number of carbonyl (C=O) groups is 2. The van der Waals surface area contributed by atoms with Crippen molar-refractivity contribution in [2.24, 2.45) is 5.73 Å². The van der Waals surface area contributed by atoms with Crippen LogP contribution in [0, 0.1) is 0 Å². The molecule has 190 valence electrons. The first-order valence-corrected chi connectivity index (χ1v) is 9.94. The second kappa shape index (κ2) is 9.61. The number of hydrogen-bond donors (Lipinski definition) is 9. The van der Waals surface area contributed by atoms with E-state index in [9.17, 15) is 50.4 Å². The molecule has 3 aliphatic heterocycles. The largest absolute Gasteiger partial charge is 0.423 e. The number of fused-ring (bicyclic) bond motifs is 1. The Bertz CT molecular complexity index is 737. The van der Waals surface area contributed by atoms with E-state index in [0.29, 0.717) is 0 Å². The van der Waals surface area contributed by atoms with Crippen LogP contribution in [-0.2, 0) is 33.3 Å². The van der Waals surface area contributed by atoms with Crippen LogP contribution >= 0.6 is 0 Å². The average molecular weight is 485 g/mol. The number of esters is 2. The minimum Gasteiger partial charge on any atom is -0.423 e. The summed E-state index contributed by atoms with van der Waals surface area (Å²) in [5.74, 6) is -8.83. The Labute approximate surface area is 185 Å². The third kappa shape index (κ3) is 4.45. The van der Waals surface area contributed by atoms with Gasteiger partial charge in [-0.15, -0.1) is 0 Å². The van der Waals surface area contributed by atoms with Crippen LogP contribution in [0.5, 0.6) is 0 Å². The second-order valence-corrected chi connectivity index (χ2v) is 7.90. The van der Waals surface area contributed by atoms with E-state index in [1.54, 1.807) is 0 Å².